The molecule has 102 valence electrons. The maximum absolute atomic E-state index is 5.99. The Kier molecular flexibility index (Phi) is 4.91. The van der Waals surface area contributed by atoms with Gasteiger partial charge in [0.15, 0.2) is 0 Å². The largest absolute Gasteiger partial charge is 0.491 e. The highest BCUT2D eigenvalue weighted by Crippen LogP contribution is 2.48. The Balaban J connectivity index is 1.94. The Morgan fingerprint density at radius 1 is 1.22 bits per heavy atom. The number of ether oxygens (including phenoxy) is 1. The van der Waals surface area contributed by atoms with Gasteiger partial charge in [-0.3, -0.25) is 0 Å². The Labute approximate surface area is 112 Å². The van der Waals surface area contributed by atoms with Gasteiger partial charge in [-0.25, -0.2) is 0 Å². The van der Waals surface area contributed by atoms with Gasteiger partial charge in [-0.2, -0.15) is 0 Å². The molecule has 4 unspecified atom stereocenters. The number of unbranched alkanes of at least 4 members (excludes halogenated alkanes) is 1. The summed E-state index contributed by atoms with van der Waals surface area (Å²) in [7, 11) is 0. The normalized spacial score (nSPS) is 34.9. The summed E-state index contributed by atoms with van der Waals surface area (Å²) in [5.41, 5.74) is 0. The highest BCUT2D eigenvalue weighted by Gasteiger charge is 2.42. The van der Waals surface area contributed by atoms with Gasteiger partial charge in [0.1, 0.15) is 11.9 Å². The van der Waals surface area contributed by atoms with E-state index in [0.717, 1.165) is 23.5 Å². The molecule has 18 heavy (non-hydrogen) atoms. The molecule has 0 N–H and O–H groups in total. The van der Waals surface area contributed by atoms with E-state index >= 15 is 0 Å². The van der Waals surface area contributed by atoms with Crippen LogP contribution in [-0.4, -0.2) is 6.10 Å². The van der Waals surface area contributed by atoms with Gasteiger partial charge in [-0.05, 0) is 49.5 Å². The first-order valence-corrected chi connectivity index (χ1v) is 7.74. The lowest BCUT2D eigenvalue weighted by molar-refractivity contribution is -0.00433. The number of hydrogen-bond acceptors (Lipinski definition) is 1. The van der Waals surface area contributed by atoms with E-state index in [0.29, 0.717) is 6.10 Å². The van der Waals surface area contributed by atoms with Crippen LogP contribution >= 0.6 is 0 Å². The second-order valence-electron chi connectivity index (χ2n) is 6.07. The third-order valence-electron chi connectivity index (χ3n) is 4.99. The Morgan fingerprint density at radius 3 is 2.72 bits per heavy atom. The molecular weight excluding hydrogens is 220 g/mol. The van der Waals surface area contributed by atoms with Crippen molar-refractivity contribution in [3.05, 3.63) is 25.0 Å². The zero-order valence-electron chi connectivity index (χ0n) is 11.9. The predicted octanol–water partition coefficient (Wildman–Crippen LogP) is 5.09. The van der Waals surface area contributed by atoms with E-state index in [-0.39, 0.29) is 0 Å². The fraction of sp³-hybridized carbons (Fsp3) is 0.765. The van der Waals surface area contributed by atoms with Gasteiger partial charge in [0, 0.05) is 0 Å². The summed E-state index contributed by atoms with van der Waals surface area (Å²) in [5, 5.41) is 0. The molecule has 0 heterocycles. The lowest BCUT2D eigenvalue weighted by atomic mass is 9.70. The average Bonchev–Trinajstić information content (AvgIpc) is 2.87. The minimum Gasteiger partial charge on any atom is -0.491 e. The Hall–Kier alpha value is -0.720. The number of allylic oxidation sites excluding steroid dienone is 1. The van der Waals surface area contributed by atoms with Gasteiger partial charge in [-0.15, -0.1) is 0 Å². The van der Waals surface area contributed by atoms with Crippen molar-refractivity contribution in [1.82, 2.24) is 0 Å². The van der Waals surface area contributed by atoms with Crippen molar-refractivity contribution in [3.63, 3.8) is 0 Å². The molecule has 2 saturated carbocycles. The van der Waals surface area contributed by atoms with E-state index in [1.54, 1.807) is 6.08 Å². The van der Waals surface area contributed by atoms with Gasteiger partial charge >= 0.3 is 0 Å². The van der Waals surface area contributed by atoms with Crippen LogP contribution in [0.3, 0.4) is 0 Å². The van der Waals surface area contributed by atoms with Crippen LogP contribution in [0.15, 0.2) is 25.0 Å². The molecule has 4 atom stereocenters. The molecule has 2 rings (SSSR count). The van der Waals surface area contributed by atoms with Crippen LogP contribution < -0.4 is 0 Å². The number of fused-ring (bicyclic) bond motifs is 1. The van der Waals surface area contributed by atoms with Gasteiger partial charge in [0.05, 0.1) is 0 Å². The summed E-state index contributed by atoms with van der Waals surface area (Å²) in [4.78, 5) is 0. The maximum atomic E-state index is 5.99. The summed E-state index contributed by atoms with van der Waals surface area (Å²) in [6.45, 7) is 9.95. The number of rotatable bonds is 6. The number of hydrogen-bond donors (Lipinski definition) is 0. The summed E-state index contributed by atoms with van der Waals surface area (Å²) < 4.78 is 5.99. The first-order valence-electron chi connectivity index (χ1n) is 7.74. The quantitative estimate of drug-likeness (QED) is 0.470. The van der Waals surface area contributed by atoms with Crippen LogP contribution in [0.2, 0.25) is 0 Å². The van der Waals surface area contributed by atoms with E-state index in [2.05, 4.69) is 20.1 Å². The Bertz CT molecular complexity index is 294. The smallest absolute Gasteiger partial charge is 0.111 e. The zero-order valence-corrected chi connectivity index (χ0v) is 11.9. The highest BCUT2D eigenvalue weighted by atomic mass is 16.5. The molecule has 0 aromatic heterocycles. The fourth-order valence-corrected chi connectivity index (χ4v) is 4.08. The lowest BCUT2D eigenvalue weighted by Gasteiger charge is -2.39. The maximum Gasteiger partial charge on any atom is 0.111 e. The topological polar surface area (TPSA) is 9.23 Å². The predicted molar refractivity (Wildman–Crippen MR) is 77.3 cm³/mol. The van der Waals surface area contributed by atoms with E-state index in [1.807, 2.05) is 0 Å². The molecule has 1 nitrogen and oxygen atoms in total. The van der Waals surface area contributed by atoms with Crippen LogP contribution in [0, 0.1) is 17.8 Å². The second kappa shape index (κ2) is 6.45. The molecule has 1 heteroatoms. The average molecular weight is 248 g/mol. The van der Waals surface area contributed by atoms with Crippen molar-refractivity contribution in [2.24, 2.45) is 17.8 Å². The van der Waals surface area contributed by atoms with Crippen LogP contribution in [-0.2, 0) is 4.74 Å². The van der Waals surface area contributed by atoms with E-state index in [1.165, 1.54) is 51.4 Å². The fourth-order valence-electron chi connectivity index (χ4n) is 4.08. The molecule has 0 radical (unpaired) electrons. The van der Waals surface area contributed by atoms with Crippen LogP contribution in [0.4, 0.5) is 0 Å². The Morgan fingerprint density at radius 2 is 2.00 bits per heavy atom. The lowest BCUT2D eigenvalue weighted by Crippen LogP contribution is -2.36. The molecule has 0 amide bonds. The highest BCUT2D eigenvalue weighted by molar-refractivity contribution is 5.04. The van der Waals surface area contributed by atoms with Crippen molar-refractivity contribution >= 4 is 0 Å². The molecule has 0 bridgehead atoms. The summed E-state index contributed by atoms with van der Waals surface area (Å²) in [5.74, 6) is 3.44. The first-order chi connectivity index (χ1) is 8.76. The van der Waals surface area contributed by atoms with Gasteiger partial charge in [-0.1, -0.05) is 45.8 Å². The van der Waals surface area contributed by atoms with Crippen molar-refractivity contribution in [3.8, 4) is 0 Å². The van der Waals surface area contributed by atoms with Gasteiger partial charge in [0.25, 0.3) is 0 Å². The molecule has 2 aliphatic carbocycles. The summed E-state index contributed by atoms with van der Waals surface area (Å²) in [6, 6.07) is 0. The van der Waals surface area contributed by atoms with Crippen LogP contribution in [0.1, 0.15) is 58.3 Å². The second-order valence-corrected chi connectivity index (χ2v) is 6.07. The summed E-state index contributed by atoms with van der Waals surface area (Å²) >= 11 is 0. The zero-order chi connectivity index (χ0) is 13.0. The van der Waals surface area contributed by atoms with Crippen molar-refractivity contribution in [1.29, 1.82) is 0 Å². The monoisotopic (exact) mass is 248 g/mol. The minimum absolute atomic E-state index is 0.417. The molecule has 2 fully saturated rings. The van der Waals surface area contributed by atoms with Crippen molar-refractivity contribution in [2.75, 3.05) is 0 Å². The van der Waals surface area contributed by atoms with Crippen LogP contribution in [0.5, 0.6) is 0 Å². The third kappa shape index (κ3) is 2.99. The standard InChI is InChI=1S/C17H28O/c1-4-6-8-14-11-12-17(18-13(3)5-2)16-10-7-9-15(14)16/h5,14-17H,2-4,6-12H2,1H3. The van der Waals surface area contributed by atoms with E-state index < -0.39 is 0 Å². The van der Waals surface area contributed by atoms with Gasteiger partial charge < -0.3 is 4.74 Å². The molecule has 0 aromatic rings. The molecule has 0 aromatic carbocycles. The molecule has 0 saturated heterocycles. The molecular formula is C17H28O. The SMILES string of the molecule is C=CC(=C)OC1CCC(CCCC)C2CCCC12. The molecule has 2 aliphatic rings. The van der Waals surface area contributed by atoms with Crippen molar-refractivity contribution in [2.45, 2.75) is 64.4 Å². The first kappa shape index (κ1) is 13.7. The van der Waals surface area contributed by atoms with E-state index in [9.17, 15) is 0 Å². The van der Waals surface area contributed by atoms with Gasteiger partial charge in [0.2, 0.25) is 0 Å². The summed E-state index contributed by atoms with van der Waals surface area (Å²) in [6.07, 6.45) is 13.1. The van der Waals surface area contributed by atoms with Crippen molar-refractivity contribution < 1.29 is 4.74 Å². The molecule has 0 aliphatic heterocycles. The third-order valence-corrected chi connectivity index (χ3v) is 4.99. The van der Waals surface area contributed by atoms with Crippen LogP contribution in [0.25, 0.3) is 0 Å². The van der Waals surface area contributed by atoms with E-state index in [4.69, 9.17) is 4.74 Å². The minimum atomic E-state index is 0.417. The molecule has 0 spiro atoms.